The Labute approximate surface area is 182 Å². The van der Waals surface area contributed by atoms with Gasteiger partial charge in [0, 0.05) is 6.54 Å². The van der Waals surface area contributed by atoms with Crippen LogP contribution in [-0.4, -0.2) is 55.4 Å². The summed E-state index contributed by atoms with van der Waals surface area (Å²) in [6.07, 6.45) is -2.28. The topological polar surface area (TPSA) is 87.2 Å². The molecule has 9 heteroatoms. The second-order valence-corrected chi connectivity index (χ2v) is 10.2. The lowest BCUT2D eigenvalue weighted by atomic mass is 10.0. The fraction of sp³-hybridized carbons (Fsp3) is 0.409. The van der Waals surface area contributed by atoms with Gasteiger partial charge in [-0.2, -0.15) is 0 Å². The molecule has 1 aliphatic heterocycles. The van der Waals surface area contributed by atoms with Crippen LogP contribution in [0.2, 0.25) is 0 Å². The highest BCUT2D eigenvalue weighted by molar-refractivity contribution is 7.92. The molecule has 0 aromatic heterocycles. The van der Waals surface area contributed by atoms with Crippen LogP contribution < -0.4 is 4.31 Å². The first-order valence-electron chi connectivity index (χ1n) is 10.00. The van der Waals surface area contributed by atoms with E-state index in [-0.39, 0.29) is 35.8 Å². The average molecular weight is 451 g/mol. The van der Waals surface area contributed by atoms with Crippen LogP contribution in [0.3, 0.4) is 0 Å². The van der Waals surface area contributed by atoms with Gasteiger partial charge in [-0.3, -0.25) is 4.31 Å². The number of alkyl halides is 1. The van der Waals surface area contributed by atoms with E-state index in [4.69, 9.17) is 4.74 Å². The molecular weight excluding hydrogens is 423 g/mol. The standard InChI is InChI=1S/C22H27FN2O5S/c1-22(2,3)30-21(27)24-14-13-18(17(23)15-24)25(19-11-7-8-12-20(19)26)31(28,29)16-9-5-4-6-10-16/h4-12,17-18,26H,13-15H2,1-3H3. The van der Waals surface area contributed by atoms with Crippen molar-refractivity contribution in [1.29, 1.82) is 0 Å². The zero-order valence-corrected chi connectivity index (χ0v) is 18.5. The van der Waals surface area contributed by atoms with Crippen LogP contribution in [0.5, 0.6) is 5.75 Å². The maximum absolute atomic E-state index is 15.4. The van der Waals surface area contributed by atoms with Gasteiger partial charge in [-0.15, -0.1) is 0 Å². The molecule has 2 aromatic rings. The minimum atomic E-state index is -4.18. The highest BCUT2D eigenvalue weighted by Gasteiger charge is 2.42. The highest BCUT2D eigenvalue weighted by Crippen LogP contribution is 2.36. The summed E-state index contributed by atoms with van der Waals surface area (Å²) >= 11 is 0. The summed E-state index contributed by atoms with van der Waals surface area (Å²) in [7, 11) is -4.18. The van der Waals surface area contributed by atoms with Crippen molar-refractivity contribution in [2.75, 3.05) is 17.4 Å². The van der Waals surface area contributed by atoms with Crippen molar-refractivity contribution in [1.82, 2.24) is 4.90 Å². The minimum absolute atomic E-state index is 0.00952. The van der Waals surface area contributed by atoms with Crippen molar-refractivity contribution in [2.24, 2.45) is 0 Å². The number of halogens is 1. The number of carbonyl (C=O) groups excluding carboxylic acids is 1. The minimum Gasteiger partial charge on any atom is -0.506 e. The Morgan fingerprint density at radius 1 is 1.13 bits per heavy atom. The molecule has 3 rings (SSSR count). The fourth-order valence-electron chi connectivity index (χ4n) is 3.49. The van der Waals surface area contributed by atoms with Gasteiger partial charge in [0.2, 0.25) is 0 Å². The van der Waals surface area contributed by atoms with Gasteiger partial charge >= 0.3 is 6.09 Å². The molecule has 7 nitrogen and oxygen atoms in total. The van der Waals surface area contributed by atoms with E-state index in [1.165, 1.54) is 29.2 Å². The number of likely N-dealkylation sites (tertiary alicyclic amines) is 1. The molecule has 0 radical (unpaired) electrons. The number of ether oxygens (including phenoxy) is 1. The molecule has 1 saturated heterocycles. The van der Waals surface area contributed by atoms with Crippen molar-refractivity contribution in [3.63, 3.8) is 0 Å². The first-order valence-corrected chi connectivity index (χ1v) is 11.4. The third-order valence-corrected chi connectivity index (χ3v) is 6.73. The molecule has 1 amide bonds. The normalized spacial score (nSPS) is 19.7. The molecular formula is C22H27FN2O5S. The Hall–Kier alpha value is -2.81. The summed E-state index contributed by atoms with van der Waals surface area (Å²) in [5, 5.41) is 10.4. The second kappa shape index (κ2) is 8.74. The van der Waals surface area contributed by atoms with E-state index in [2.05, 4.69) is 0 Å². The Bertz CT molecular complexity index is 1020. The second-order valence-electron chi connectivity index (χ2n) is 8.40. The number of nitrogens with zero attached hydrogens (tertiary/aromatic N) is 2. The predicted molar refractivity (Wildman–Crippen MR) is 115 cm³/mol. The molecule has 0 bridgehead atoms. The predicted octanol–water partition coefficient (Wildman–Crippen LogP) is 3.94. The van der Waals surface area contributed by atoms with Gasteiger partial charge < -0.3 is 14.7 Å². The van der Waals surface area contributed by atoms with Crippen LogP contribution in [0, 0.1) is 0 Å². The number of phenolic OH excluding ortho intramolecular Hbond substituents is 1. The molecule has 2 unspecified atom stereocenters. The number of carbonyl (C=O) groups is 1. The van der Waals surface area contributed by atoms with E-state index in [1.807, 2.05) is 0 Å². The summed E-state index contributed by atoms with van der Waals surface area (Å²) in [5.74, 6) is -0.274. The summed E-state index contributed by atoms with van der Waals surface area (Å²) in [5.41, 5.74) is -0.733. The lowest BCUT2D eigenvalue weighted by molar-refractivity contribution is 0.0118. The Kier molecular flexibility index (Phi) is 6.45. The number of benzene rings is 2. The SMILES string of the molecule is CC(C)(C)OC(=O)N1CCC(N(c2ccccc2O)S(=O)(=O)c2ccccc2)C(F)C1. The number of phenols is 1. The molecule has 1 heterocycles. The molecule has 2 atom stereocenters. The van der Waals surface area contributed by atoms with Gasteiger partial charge in [0.25, 0.3) is 10.0 Å². The van der Waals surface area contributed by atoms with Crippen molar-refractivity contribution in [3.05, 3.63) is 54.6 Å². The molecule has 0 spiro atoms. The van der Waals surface area contributed by atoms with Crippen LogP contribution in [0.25, 0.3) is 0 Å². The summed E-state index contributed by atoms with van der Waals surface area (Å²) < 4.78 is 48.6. The molecule has 0 saturated carbocycles. The Balaban J connectivity index is 1.95. The Morgan fingerprint density at radius 2 is 1.74 bits per heavy atom. The fourth-order valence-corrected chi connectivity index (χ4v) is 5.23. The zero-order chi connectivity index (χ0) is 22.8. The van der Waals surface area contributed by atoms with Gasteiger partial charge in [-0.05, 0) is 51.5 Å². The van der Waals surface area contributed by atoms with Gasteiger partial charge in [0.1, 0.15) is 17.5 Å². The summed E-state index contributed by atoms with van der Waals surface area (Å²) in [4.78, 5) is 13.6. The maximum Gasteiger partial charge on any atom is 0.410 e. The lowest BCUT2D eigenvalue weighted by Gasteiger charge is -2.41. The van der Waals surface area contributed by atoms with E-state index < -0.39 is 33.9 Å². The largest absolute Gasteiger partial charge is 0.506 e. The number of anilines is 1. The monoisotopic (exact) mass is 450 g/mol. The first kappa shape index (κ1) is 22.9. The van der Waals surface area contributed by atoms with E-state index in [9.17, 15) is 18.3 Å². The smallest absolute Gasteiger partial charge is 0.410 e. The lowest BCUT2D eigenvalue weighted by Crippen LogP contribution is -2.56. The molecule has 1 N–H and O–H groups in total. The highest BCUT2D eigenvalue weighted by atomic mass is 32.2. The van der Waals surface area contributed by atoms with Crippen LogP contribution >= 0.6 is 0 Å². The molecule has 2 aromatic carbocycles. The van der Waals surface area contributed by atoms with Crippen molar-refractivity contribution >= 4 is 21.8 Å². The number of hydrogen-bond donors (Lipinski definition) is 1. The van der Waals surface area contributed by atoms with E-state index >= 15 is 4.39 Å². The van der Waals surface area contributed by atoms with E-state index in [0.717, 1.165) is 4.31 Å². The van der Waals surface area contributed by atoms with Crippen molar-refractivity contribution in [2.45, 2.75) is 49.9 Å². The zero-order valence-electron chi connectivity index (χ0n) is 17.7. The number of rotatable bonds is 4. The van der Waals surface area contributed by atoms with Crippen LogP contribution in [0.15, 0.2) is 59.5 Å². The van der Waals surface area contributed by atoms with Crippen molar-refractivity contribution in [3.8, 4) is 5.75 Å². The Morgan fingerprint density at radius 3 is 2.32 bits per heavy atom. The molecule has 1 aliphatic rings. The van der Waals surface area contributed by atoms with Gasteiger partial charge in [0.05, 0.1) is 23.2 Å². The maximum atomic E-state index is 15.4. The number of amides is 1. The number of sulfonamides is 1. The van der Waals surface area contributed by atoms with Gasteiger partial charge in [-0.25, -0.2) is 17.6 Å². The van der Waals surface area contributed by atoms with Crippen LogP contribution in [0.1, 0.15) is 27.2 Å². The van der Waals surface area contributed by atoms with Crippen LogP contribution in [0.4, 0.5) is 14.9 Å². The quantitative estimate of drug-likeness (QED) is 0.763. The number of aromatic hydroxyl groups is 1. The van der Waals surface area contributed by atoms with Crippen LogP contribution in [-0.2, 0) is 14.8 Å². The van der Waals surface area contributed by atoms with Gasteiger partial charge in [0.15, 0.2) is 0 Å². The molecule has 0 aliphatic carbocycles. The van der Waals surface area contributed by atoms with Gasteiger partial charge in [-0.1, -0.05) is 30.3 Å². The number of piperidine rings is 1. The first-order chi connectivity index (χ1) is 14.5. The third-order valence-electron chi connectivity index (χ3n) is 4.88. The molecule has 1 fully saturated rings. The van der Waals surface area contributed by atoms with E-state index in [1.54, 1.807) is 51.1 Å². The third kappa shape index (κ3) is 5.10. The molecule has 168 valence electrons. The summed E-state index contributed by atoms with van der Waals surface area (Å²) in [6, 6.07) is 12.5. The molecule has 31 heavy (non-hydrogen) atoms. The average Bonchev–Trinajstić information content (AvgIpc) is 2.70. The van der Waals surface area contributed by atoms with E-state index in [0.29, 0.717) is 0 Å². The number of hydrogen-bond acceptors (Lipinski definition) is 5. The number of para-hydroxylation sites is 2. The van der Waals surface area contributed by atoms with Crippen molar-refractivity contribution < 1.29 is 27.4 Å². The summed E-state index contributed by atoms with van der Waals surface area (Å²) in [6.45, 7) is 4.97.